The van der Waals surface area contributed by atoms with E-state index < -0.39 is 11.0 Å². The lowest BCUT2D eigenvalue weighted by Gasteiger charge is -2.27. The summed E-state index contributed by atoms with van der Waals surface area (Å²) in [6.07, 6.45) is 2.41. The highest BCUT2D eigenvalue weighted by molar-refractivity contribution is 5.99. The van der Waals surface area contributed by atoms with Gasteiger partial charge in [-0.25, -0.2) is 4.79 Å². The molecule has 2 fully saturated rings. The number of fused-ring (bicyclic) bond motifs is 3. The van der Waals surface area contributed by atoms with Crippen LogP contribution in [-0.2, 0) is 20.5 Å². The minimum Gasteiger partial charge on any atom is -0.449 e. The second-order valence-electron chi connectivity index (χ2n) is 8.51. The van der Waals surface area contributed by atoms with E-state index in [9.17, 15) is 9.59 Å². The van der Waals surface area contributed by atoms with Crippen molar-refractivity contribution in [3.8, 4) is 0 Å². The molecule has 1 spiro atoms. The van der Waals surface area contributed by atoms with Crippen LogP contribution in [0, 0.1) is 0 Å². The van der Waals surface area contributed by atoms with Crippen LogP contribution in [0.2, 0.25) is 0 Å². The fraction of sp³-hybridized carbons (Fsp3) is 0.280. The largest absolute Gasteiger partial charge is 0.449 e. The molecule has 3 aromatic carbocycles. The lowest BCUT2D eigenvalue weighted by atomic mass is 9.89. The molecule has 29 heavy (non-hydrogen) atoms. The lowest BCUT2D eigenvalue weighted by Crippen LogP contribution is -2.40. The van der Waals surface area contributed by atoms with E-state index in [-0.39, 0.29) is 11.9 Å². The van der Waals surface area contributed by atoms with Crippen LogP contribution in [0.3, 0.4) is 0 Å². The van der Waals surface area contributed by atoms with Gasteiger partial charge in [-0.3, -0.25) is 4.79 Å². The van der Waals surface area contributed by atoms with Gasteiger partial charge in [0.1, 0.15) is 0 Å². The van der Waals surface area contributed by atoms with Crippen LogP contribution in [0.4, 0.5) is 0 Å². The van der Waals surface area contributed by atoms with Gasteiger partial charge in [0.15, 0.2) is 5.60 Å². The highest BCUT2D eigenvalue weighted by Crippen LogP contribution is 2.53. The summed E-state index contributed by atoms with van der Waals surface area (Å²) >= 11 is 0. The fourth-order valence-electron chi connectivity index (χ4n) is 5.27. The Hall–Kier alpha value is -3.14. The number of likely N-dealkylation sites (tertiary alicyclic amines) is 1. The van der Waals surface area contributed by atoms with Crippen LogP contribution in [0.1, 0.15) is 40.7 Å². The monoisotopic (exact) mass is 383 g/mol. The molecule has 0 bridgehead atoms. The molecular weight excluding hydrogens is 362 g/mol. The molecule has 1 amide bonds. The molecule has 4 nitrogen and oxygen atoms in total. The third-order valence-corrected chi connectivity index (χ3v) is 6.91. The fourth-order valence-corrected chi connectivity index (χ4v) is 5.27. The summed E-state index contributed by atoms with van der Waals surface area (Å²) < 4.78 is 5.84. The minimum absolute atomic E-state index is 0.172. The van der Waals surface area contributed by atoms with E-state index in [0.29, 0.717) is 25.1 Å². The van der Waals surface area contributed by atoms with Gasteiger partial charge in [0.2, 0.25) is 5.91 Å². The summed E-state index contributed by atoms with van der Waals surface area (Å²) in [6.45, 7) is 1.06. The lowest BCUT2D eigenvalue weighted by molar-refractivity contribution is -0.134. The van der Waals surface area contributed by atoms with Gasteiger partial charge in [0.05, 0.1) is 17.5 Å². The first kappa shape index (κ1) is 16.8. The number of amides is 1. The molecule has 0 aromatic heterocycles. The van der Waals surface area contributed by atoms with Crippen molar-refractivity contribution in [3.63, 3.8) is 0 Å². The van der Waals surface area contributed by atoms with Gasteiger partial charge in [0, 0.05) is 18.5 Å². The van der Waals surface area contributed by atoms with Crippen molar-refractivity contribution in [2.45, 2.75) is 30.3 Å². The van der Waals surface area contributed by atoms with Gasteiger partial charge in [-0.05, 0) is 35.2 Å². The van der Waals surface area contributed by atoms with Crippen molar-refractivity contribution in [1.29, 1.82) is 0 Å². The predicted molar refractivity (Wildman–Crippen MR) is 110 cm³/mol. The van der Waals surface area contributed by atoms with E-state index in [0.717, 1.165) is 29.4 Å². The second kappa shape index (κ2) is 5.69. The van der Waals surface area contributed by atoms with E-state index in [1.807, 2.05) is 47.4 Å². The van der Waals surface area contributed by atoms with Crippen molar-refractivity contribution < 1.29 is 14.3 Å². The molecule has 3 aliphatic rings. The first-order valence-electron chi connectivity index (χ1n) is 10.2. The Morgan fingerprint density at radius 2 is 1.59 bits per heavy atom. The summed E-state index contributed by atoms with van der Waals surface area (Å²) in [5.74, 6) is -0.101. The summed E-state index contributed by atoms with van der Waals surface area (Å²) in [4.78, 5) is 28.0. The first-order chi connectivity index (χ1) is 14.1. The Morgan fingerprint density at radius 3 is 2.45 bits per heavy atom. The summed E-state index contributed by atoms with van der Waals surface area (Å²) in [6, 6.07) is 22.1. The normalized spacial score (nSPS) is 24.0. The molecule has 1 atom stereocenters. The highest BCUT2D eigenvalue weighted by Gasteiger charge is 2.58. The first-order valence-corrected chi connectivity index (χ1v) is 10.2. The highest BCUT2D eigenvalue weighted by atomic mass is 16.6. The van der Waals surface area contributed by atoms with Crippen molar-refractivity contribution in [1.82, 2.24) is 4.90 Å². The molecule has 0 N–H and O–H groups in total. The van der Waals surface area contributed by atoms with Crippen LogP contribution in [0.15, 0.2) is 66.7 Å². The number of carbonyl (C=O) groups excluding carboxylic acids is 2. The number of benzene rings is 3. The average molecular weight is 383 g/mol. The van der Waals surface area contributed by atoms with E-state index in [1.165, 1.54) is 5.39 Å². The van der Waals surface area contributed by atoms with Gasteiger partial charge < -0.3 is 9.64 Å². The predicted octanol–water partition coefficient (Wildman–Crippen LogP) is 4.17. The SMILES string of the molecule is O=C1O[C@]2(CCN(C(=O)C3(c4cccc5ccccc45)CC3)C2)c2ccccc21. The number of esters is 1. The quantitative estimate of drug-likeness (QED) is 0.624. The topological polar surface area (TPSA) is 46.6 Å². The number of hydrogen-bond donors (Lipinski definition) is 0. The summed E-state index contributed by atoms with van der Waals surface area (Å²) in [7, 11) is 0. The molecular formula is C25H21NO3. The van der Waals surface area contributed by atoms with E-state index in [4.69, 9.17) is 4.74 Å². The van der Waals surface area contributed by atoms with Crippen molar-refractivity contribution in [2.75, 3.05) is 13.1 Å². The van der Waals surface area contributed by atoms with Gasteiger partial charge >= 0.3 is 5.97 Å². The molecule has 0 radical (unpaired) electrons. The Balaban J connectivity index is 1.35. The number of ether oxygens (including phenoxy) is 1. The number of rotatable bonds is 2. The molecule has 6 rings (SSSR count). The maximum Gasteiger partial charge on any atom is 0.339 e. The van der Waals surface area contributed by atoms with Gasteiger partial charge in [-0.2, -0.15) is 0 Å². The number of carbonyl (C=O) groups is 2. The molecule has 144 valence electrons. The molecule has 0 unspecified atom stereocenters. The van der Waals surface area contributed by atoms with Crippen molar-refractivity contribution in [3.05, 3.63) is 83.4 Å². The molecule has 2 heterocycles. The Bertz CT molecular complexity index is 1170. The minimum atomic E-state index is -0.682. The molecule has 4 heteroatoms. The standard InChI is InChI=1S/C25H21NO3/c27-22-19-9-3-4-10-21(19)25(29-22)14-15-26(16-25)23(28)24(12-13-24)20-11-5-7-17-6-1-2-8-18(17)20/h1-11H,12-16H2/t25-/m0/s1. The van der Waals surface area contributed by atoms with Crippen LogP contribution in [-0.4, -0.2) is 29.9 Å². The maximum absolute atomic E-state index is 13.7. The molecule has 1 saturated heterocycles. The Morgan fingerprint density at radius 1 is 0.862 bits per heavy atom. The van der Waals surface area contributed by atoms with E-state index in [2.05, 4.69) is 24.3 Å². The van der Waals surface area contributed by atoms with Crippen LogP contribution >= 0.6 is 0 Å². The summed E-state index contributed by atoms with van der Waals surface area (Å²) in [5.41, 5.74) is 1.57. The zero-order valence-electron chi connectivity index (χ0n) is 16.1. The third kappa shape index (κ3) is 2.26. The van der Waals surface area contributed by atoms with Gasteiger partial charge in [-0.1, -0.05) is 60.7 Å². The second-order valence-corrected chi connectivity index (χ2v) is 8.51. The molecule has 3 aromatic rings. The van der Waals surface area contributed by atoms with Crippen LogP contribution in [0.5, 0.6) is 0 Å². The Labute approximate surface area is 169 Å². The maximum atomic E-state index is 13.7. The molecule has 1 saturated carbocycles. The van der Waals surface area contributed by atoms with Crippen LogP contribution < -0.4 is 0 Å². The van der Waals surface area contributed by atoms with Crippen molar-refractivity contribution >= 4 is 22.6 Å². The van der Waals surface area contributed by atoms with Gasteiger partial charge in [0.25, 0.3) is 0 Å². The third-order valence-electron chi connectivity index (χ3n) is 6.91. The Kier molecular flexibility index (Phi) is 3.29. The number of hydrogen-bond acceptors (Lipinski definition) is 3. The van der Waals surface area contributed by atoms with E-state index >= 15 is 0 Å². The molecule has 1 aliphatic carbocycles. The summed E-state index contributed by atoms with van der Waals surface area (Å²) in [5, 5.41) is 2.33. The zero-order chi connectivity index (χ0) is 19.6. The molecule has 2 aliphatic heterocycles. The number of nitrogens with zero attached hydrogens (tertiary/aromatic N) is 1. The van der Waals surface area contributed by atoms with Crippen molar-refractivity contribution in [2.24, 2.45) is 0 Å². The zero-order valence-corrected chi connectivity index (χ0v) is 16.1. The van der Waals surface area contributed by atoms with E-state index in [1.54, 1.807) is 0 Å². The van der Waals surface area contributed by atoms with Gasteiger partial charge in [-0.15, -0.1) is 0 Å². The average Bonchev–Trinajstić information content (AvgIpc) is 3.39. The van der Waals surface area contributed by atoms with Crippen LogP contribution in [0.25, 0.3) is 10.8 Å². The smallest absolute Gasteiger partial charge is 0.339 e.